The van der Waals surface area contributed by atoms with Gasteiger partial charge in [-0.05, 0) is 30.7 Å². The van der Waals surface area contributed by atoms with Gasteiger partial charge in [-0.15, -0.1) is 10.2 Å². The molecular weight excluding hydrogens is 306 g/mol. The van der Waals surface area contributed by atoms with Crippen molar-refractivity contribution in [1.82, 2.24) is 15.5 Å². The van der Waals surface area contributed by atoms with Crippen LogP contribution in [0.15, 0.2) is 30.3 Å². The van der Waals surface area contributed by atoms with Gasteiger partial charge in [0.2, 0.25) is 0 Å². The van der Waals surface area contributed by atoms with Gasteiger partial charge in [-0.1, -0.05) is 0 Å². The van der Waals surface area contributed by atoms with Crippen LogP contribution < -0.4 is 10.6 Å². The highest BCUT2D eigenvalue weighted by molar-refractivity contribution is 5.92. The van der Waals surface area contributed by atoms with Crippen molar-refractivity contribution in [3.05, 3.63) is 47.7 Å². The number of carbonyl (C=O) groups is 1. The number of aromatic nitrogens is 2. The number of anilines is 2. The van der Waals surface area contributed by atoms with Crippen LogP contribution in [0.4, 0.5) is 20.3 Å². The van der Waals surface area contributed by atoms with Crippen LogP contribution in [0.25, 0.3) is 0 Å². The summed E-state index contributed by atoms with van der Waals surface area (Å²) in [5, 5.41) is 12.9. The molecule has 1 aromatic carbocycles. The number of hydrogen-bond acceptors (Lipinski definition) is 5. The molecule has 2 aromatic rings. The maximum absolute atomic E-state index is 13.5. The normalized spacial score (nSPS) is 10.4. The smallest absolute Gasteiger partial charge is 0.271 e. The standard InChI is InChI=1S/C15H16F2N4O2/c1-23-8-2-7-18-15(22)13-5-6-14(21-20-13)19-12-4-3-10(16)9-11(12)17/h3-6,9H,2,7-8H2,1H3,(H,18,22)(H,19,21). The van der Waals surface area contributed by atoms with Crippen LogP contribution in [0.1, 0.15) is 16.9 Å². The van der Waals surface area contributed by atoms with E-state index < -0.39 is 11.6 Å². The first-order valence-electron chi connectivity index (χ1n) is 6.93. The van der Waals surface area contributed by atoms with Crippen molar-refractivity contribution in [3.63, 3.8) is 0 Å². The number of hydrogen-bond donors (Lipinski definition) is 2. The molecular formula is C15H16F2N4O2. The lowest BCUT2D eigenvalue weighted by Crippen LogP contribution is -2.26. The van der Waals surface area contributed by atoms with Gasteiger partial charge in [0.15, 0.2) is 11.5 Å². The zero-order valence-corrected chi connectivity index (χ0v) is 12.5. The number of benzene rings is 1. The first kappa shape index (κ1) is 16.8. The predicted molar refractivity (Wildman–Crippen MR) is 80.5 cm³/mol. The summed E-state index contributed by atoms with van der Waals surface area (Å²) in [7, 11) is 1.59. The van der Waals surface area contributed by atoms with Gasteiger partial charge in [0.1, 0.15) is 11.6 Å². The molecule has 0 unspecified atom stereocenters. The van der Waals surface area contributed by atoms with Crippen LogP contribution in [0.5, 0.6) is 0 Å². The number of carbonyl (C=O) groups excluding carboxylic acids is 1. The van der Waals surface area contributed by atoms with Crippen LogP contribution in [0.2, 0.25) is 0 Å². The molecule has 1 amide bonds. The van der Waals surface area contributed by atoms with E-state index in [1.165, 1.54) is 18.2 Å². The van der Waals surface area contributed by atoms with Crippen LogP contribution in [0.3, 0.4) is 0 Å². The monoisotopic (exact) mass is 322 g/mol. The van der Waals surface area contributed by atoms with Crippen molar-refractivity contribution in [3.8, 4) is 0 Å². The number of ether oxygens (including phenoxy) is 1. The van der Waals surface area contributed by atoms with E-state index in [9.17, 15) is 13.6 Å². The van der Waals surface area contributed by atoms with Crippen LogP contribution in [-0.4, -0.2) is 36.4 Å². The van der Waals surface area contributed by atoms with Crippen LogP contribution >= 0.6 is 0 Å². The van der Waals surface area contributed by atoms with Gasteiger partial charge in [0.25, 0.3) is 5.91 Å². The molecule has 0 aliphatic heterocycles. The Kier molecular flexibility index (Phi) is 5.93. The van der Waals surface area contributed by atoms with E-state index in [1.54, 1.807) is 7.11 Å². The summed E-state index contributed by atoms with van der Waals surface area (Å²) in [5.74, 6) is -1.52. The van der Waals surface area contributed by atoms with Crippen molar-refractivity contribution in [1.29, 1.82) is 0 Å². The Hall–Kier alpha value is -2.61. The molecule has 1 aromatic heterocycles. The molecule has 0 saturated carbocycles. The van der Waals surface area contributed by atoms with E-state index >= 15 is 0 Å². The van der Waals surface area contributed by atoms with Crippen molar-refractivity contribution < 1.29 is 18.3 Å². The fourth-order valence-corrected chi connectivity index (χ4v) is 1.76. The van der Waals surface area contributed by atoms with Crippen molar-refractivity contribution >= 4 is 17.4 Å². The molecule has 23 heavy (non-hydrogen) atoms. The minimum absolute atomic E-state index is 0.0671. The molecule has 0 fully saturated rings. The van der Waals surface area contributed by atoms with Gasteiger partial charge in [-0.25, -0.2) is 8.78 Å². The van der Waals surface area contributed by atoms with Crippen LogP contribution in [0, 0.1) is 11.6 Å². The summed E-state index contributed by atoms with van der Waals surface area (Å²) in [6.45, 7) is 1.02. The topological polar surface area (TPSA) is 76.1 Å². The Balaban J connectivity index is 1.95. The summed E-state index contributed by atoms with van der Waals surface area (Å²) in [5.41, 5.74) is 0.213. The van der Waals surface area contributed by atoms with Crippen LogP contribution in [-0.2, 0) is 4.74 Å². The Labute approximate surface area is 131 Å². The number of rotatable bonds is 7. The molecule has 8 heteroatoms. The Bertz CT molecular complexity index is 665. The van der Waals surface area contributed by atoms with E-state index in [2.05, 4.69) is 20.8 Å². The molecule has 122 valence electrons. The number of methoxy groups -OCH3 is 1. The van der Waals surface area contributed by atoms with E-state index in [4.69, 9.17) is 4.74 Å². The minimum Gasteiger partial charge on any atom is -0.385 e. The molecule has 0 atom stereocenters. The molecule has 0 radical (unpaired) electrons. The third kappa shape index (κ3) is 4.96. The number of halogens is 2. The maximum atomic E-state index is 13.5. The largest absolute Gasteiger partial charge is 0.385 e. The van der Waals surface area contributed by atoms with Gasteiger partial charge in [0, 0.05) is 26.3 Å². The molecule has 2 N–H and O–H groups in total. The molecule has 0 bridgehead atoms. The Morgan fingerprint density at radius 1 is 1.22 bits per heavy atom. The second kappa shape index (κ2) is 8.14. The number of nitrogens with zero attached hydrogens (tertiary/aromatic N) is 2. The van der Waals surface area contributed by atoms with E-state index in [0.717, 1.165) is 12.1 Å². The van der Waals surface area contributed by atoms with Gasteiger partial charge in [0.05, 0.1) is 5.69 Å². The fourth-order valence-electron chi connectivity index (χ4n) is 1.76. The molecule has 6 nitrogen and oxygen atoms in total. The lowest BCUT2D eigenvalue weighted by atomic mass is 10.3. The van der Waals surface area contributed by atoms with Gasteiger partial charge >= 0.3 is 0 Å². The fraction of sp³-hybridized carbons (Fsp3) is 0.267. The third-order valence-corrected chi connectivity index (χ3v) is 2.90. The Morgan fingerprint density at radius 3 is 2.70 bits per heavy atom. The third-order valence-electron chi connectivity index (χ3n) is 2.90. The second-order valence-corrected chi connectivity index (χ2v) is 4.66. The first-order chi connectivity index (χ1) is 11.1. The molecule has 0 spiro atoms. The van der Waals surface area contributed by atoms with Crippen molar-refractivity contribution in [2.24, 2.45) is 0 Å². The number of amides is 1. The molecule has 0 saturated heterocycles. The average Bonchev–Trinajstić information content (AvgIpc) is 2.55. The highest BCUT2D eigenvalue weighted by Crippen LogP contribution is 2.18. The molecule has 1 heterocycles. The zero-order chi connectivity index (χ0) is 16.7. The van der Waals surface area contributed by atoms with Crippen molar-refractivity contribution in [2.45, 2.75) is 6.42 Å². The summed E-state index contributed by atoms with van der Waals surface area (Å²) < 4.78 is 31.2. The van der Waals surface area contributed by atoms with E-state index in [-0.39, 0.29) is 23.1 Å². The van der Waals surface area contributed by atoms with E-state index in [0.29, 0.717) is 19.6 Å². The van der Waals surface area contributed by atoms with Gasteiger partial charge < -0.3 is 15.4 Å². The van der Waals surface area contributed by atoms with E-state index in [1.807, 2.05) is 0 Å². The quantitative estimate of drug-likeness (QED) is 0.765. The number of nitrogens with one attached hydrogen (secondary N) is 2. The average molecular weight is 322 g/mol. The van der Waals surface area contributed by atoms with Gasteiger partial charge in [-0.2, -0.15) is 0 Å². The SMILES string of the molecule is COCCCNC(=O)c1ccc(Nc2ccc(F)cc2F)nn1. The first-order valence-corrected chi connectivity index (χ1v) is 6.93. The van der Waals surface area contributed by atoms with Gasteiger partial charge in [-0.3, -0.25) is 4.79 Å². The predicted octanol–water partition coefficient (Wildman–Crippen LogP) is 2.26. The zero-order valence-electron chi connectivity index (χ0n) is 12.5. The molecule has 0 aliphatic carbocycles. The highest BCUT2D eigenvalue weighted by Gasteiger charge is 2.09. The summed E-state index contributed by atoms with van der Waals surface area (Å²) in [6.07, 6.45) is 0.694. The Morgan fingerprint density at radius 2 is 2.04 bits per heavy atom. The highest BCUT2D eigenvalue weighted by atomic mass is 19.1. The molecule has 2 rings (SSSR count). The summed E-state index contributed by atoms with van der Waals surface area (Å²) in [6, 6.07) is 6.09. The van der Waals surface area contributed by atoms with Crippen molar-refractivity contribution in [2.75, 3.05) is 25.6 Å². The lowest BCUT2D eigenvalue weighted by Gasteiger charge is -2.07. The summed E-state index contributed by atoms with van der Waals surface area (Å²) in [4.78, 5) is 11.8. The minimum atomic E-state index is -0.744. The maximum Gasteiger partial charge on any atom is 0.271 e. The second-order valence-electron chi connectivity index (χ2n) is 4.66. The molecule has 0 aliphatic rings. The summed E-state index contributed by atoms with van der Waals surface area (Å²) >= 11 is 0. The lowest BCUT2D eigenvalue weighted by molar-refractivity contribution is 0.0942.